The Kier molecular flexibility index (Phi) is 9.18. The van der Waals surface area contributed by atoms with Crippen LogP contribution in [0, 0.1) is 5.92 Å². The van der Waals surface area contributed by atoms with E-state index >= 15 is 0 Å². The standard InChI is InChI=1S/C26H40N4O4/c1-2-34-26(32)22-4-3-12-30(20-22)24-9-13-29(14-10-24)23-7-5-21(6-8-23)25(31)27-11-15-28-16-18-33-19-17-28/h5-8,22,24H,2-4,9-20H2,1H3,(H,27,31)/t22-/m1/s1. The van der Waals surface area contributed by atoms with Crippen LogP contribution in [0.5, 0.6) is 0 Å². The summed E-state index contributed by atoms with van der Waals surface area (Å²) in [5.41, 5.74) is 1.88. The minimum Gasteiger partial charge on any atom is -0.466 e. The number of anilines is 1. The van der Waals surface area contributed by atoms with Crippen LogP contribution < -0.4 is 10.2 Å². The number of ether oxygens (including phenoxy) is 2. The van der Waals surface area contributed by atoms with E-state index < -0.39 is 0 Å². The first-order valence-electron chi connectivity index (χ1n) is 13.0. The first-order chi connectivity index (χ1) is 16.6. The minimum atomic E-state index is -0.0325. The lowest BCUT2D eigenvalue weighted by Crippen LogP contribution is -2.49. The van der Waals surface area contributed by atoms with Gasteiger partial charge in [-0.25, -0.2) is 0 Å². The lowest BCUT2D eigenvalue weighted by molar-refractivity contribution is -0.150. The predicted octanol–water partition coefficient (Wildman–Crippen LogP) is 1.99. The number of hydrogen-bond acceptors (Lipinski definition) is 7. The number of morpholine rings is 1. The third-order valence-electron chi connectivity index (χ3n) is 7.37. The zero-order valence-electron chi connectivity index (χ0n) is 20.5. The molecule has 1 N–H and O–H groups in total. The summed E-state index contributed by atoms with van der Waals surface area (Å²) in [6.45, 7) is 11.2. The van der Waals surface area contributed by atoms with Crippen LogP contribution in [0.4, 0.5) is 5.69 Å². The molecule has 1 atom stereocenters. The second kappa shape index (κ2) is 12.5. The van der Waals surface area contributed by atoms with E-state index in [0.717, 1.165) is 84.7 Å². The summed E-state index contributed by atoms with van der Waals surface area (Å²) in [6, 6.07) is 8.52. The number of carbonyl (C=O) groups is 2. The summed E-state index contributed by atoms with van der Waals surface area (Å²) in [5, 5.41) is 3.03. The van der Waals surface area contributed by atoms with Crippen LogP contribution in [0.15, 0.2) is 24.3 Å². The summed E-state index contributed by atoms with van der Waals surface area (Å²) in [6.07, 6.45) is 4.21. The molecular weight excluding hydrogens is 432 g/mol. The summed E-state index contributed by atoms with van der Waals surface area (Å²) < 4.78 is 10.6. The number of nitrogens with zero attached hydrogens (tertiary/aromatic N) is 3. The van der Waals surface area contributed by atoms with Crippen LogP contribution in [0.25, 0.3) is 0 Å². The Morgan fingerprint density at radius 2 is 1.76 bits per heavy atom. The molecule has 3 saturated heterocycles. The van der Waals surface area contributed by atoms with Gasteiger partial charge in [-0.05, 0) is 63.4 Å². The number of nitrogens with one attached hydrogen (secondary N) is 1. The molecule has 1 amide bonds. The predicted molar refractivity (Wildman–Crippen MR) is 132 cm³/mol. The van der Waals surface area contributed by atoms with E-state index in [4.69, 9.17) is 9.47 Å². The highest BCUT2D eigenvalue weighted by Gasteiger charge is 2.32. The van der Waals surface area contributed by atoms with Crippen LogP contribution in [0.1, 0.15) is 43.0 Å². The molecule has 8 heteroatoms. The highest BCUT2D eigenvalue weighted by atomic mass is 16.5. The molecule has 3 heterocycles. The molecule has 0 saturated carbocycles. The smallest absolute Gasteiger partial charge is 0.310 e. The van der Waals surface area contributed by atoms with Crippen molar-refractivity contribution in [2.45, 2.75) is 38.6 Å². The summed E-state index contributed by atoms with van der Waals surface area (Å²) in [7, 11) is 0. The number of benzene rings is 1. The Bertz CT molecular complexity index is 788. The molecule has 4 rings (SSSR count). The molecule has 1 aromatic rings. The maximum Gasteiger partial charge on any atom is 0.310 e. The molecule has 0 unspecified atom stereocenters. The SMILES string of the molecule is CCOC(=O)[C@@H]1CCCN(C2CCN(c3ccc(C(=O)NCCN4CCOCC4)cc3)CC2)C1. The van der Waals surface area contributed by atoms with Gasteiger partial charge in [0, 0.05) is 63.1 Å². The van der Waals surface area contributed by atoms with Gasteiger partial charge in [-0.2, -0.15) is 0 Å². The maximum atomic E-state index is 12.5. The van der Waals surface area contributed by atoms with E-state index in [-0.39, 0.29) is 17.8 Å². The van der Waals surface area contributed by atoms with Crippen molar-refractivity contribution < 1.29 is 19.1 Å². The number of hydrogen-bond donors (Lipinski definition) is 1. The van der Waals surface area contributed by atoms with Gasteiger partial charge >= 0.3 is 5.97 Å². The van der Waals surface area contributed by atoms with Gasteiger partial charge in [0.1, 0.15) is 0 Å². The Morgan fingerprint density at radius 3 is 2.47 bits per heavy atom. The number of likely N-dealkylation sites (tertiary alicyclic amines) is 1. The Hall–Kier alpha value is -2.16. The Labute approximate surface area is 203 Å². The van der Waals surface area contributed by atoms with Crippen molar-refractivity contribution >= 4 is 17.6 Å². The largest absolute Gasteiger partial charge is 0.466 e. The zero-order chi connectivity index (χ0) is 23.8. The van der Waals surface area contributed by atoms with Crippen molar-refractivity contribution in [3.8, 4) is 0 Å². The average molecular weight is 473 g/mol. The molecule has 0 spiro atoms. The molecule has 8 nitrogen and oxygen atoms in total. The number of carbonyl (C=O) groups excluding carboxylic acids is 2. The quantitative estimate of drug-likeness (QED) is 0.580. The van der Waals surface area contributed by atoms with E-state index in [1.807, 2.05) is 19.1 Å². The number of rotatable bonds is 8. The molecule has 0 aromatic heterocycles. The van der Waals surface area contributed by atoms with Gasteiger partial charge in [-0.15, -0.1) is 0 Å². The van der Waals surface area contributed by atoms with Crippen LogP contribution in [-0.4, -0.2) is 99.9 Å². The molecular formula is C26H40N4O4. The highest BCUT2D eigenvalue weighted by molar-refractivity contribution is 5.94. The number of esters is 1. The third kappa shape index (κ3) is 6.71. The van der Waals surface area contributed by atoms with Gasteiger partial charge in [0.2, 0.25) is 0 Å². The monoisotopic (exact) mass is 472 g/mol. The number of amides is 1. The average Bonchev–Trinajstić information content (AvgIpc) is 2.90. The van der Waals surface area contributed by atoms with Crippen molar-refractivity contribution in [2.24, 2.45) is 5.92 Å². The van der Waals surface area contributed by atoms with E-state index in [1.165, 1.54) is 5.69 Å². The molecule has 0 bridgehead atoms. The fourth-order valence-corrected chi connectivity index (χ4v) is 5.36. The Balaban J connectivity index is 1.20. The summed E-state index contributed by atoms with van der Waals surface area (Å²) in [5.74, 6) is -0.0195. The van der Waals surface area contributed by atoms with E-state index in [0.29, 0.717) is 24.8 Å². The minimum absolute atomic E-state index is 0.0141. The molecule has 1 aromatic carbocycles. The maximum absolute atomic E-state index is 12.5. The van der Waals surface area contributed by atoms with Gasteiger partial charge in [0.05, 0.1) is 25.7 Å². The van der Waals surface area contributed by atoms with Gasteiger partial charge in [0.15, 0.2) is 0 Å². The first-order valence-corrected chi connectivity index (χ1v) is 13.0. The topological polar surface area (TPSA) is 74.4 Å². The van der Waals surface area contributed by atoms with E-state index in [9.17, 15) is 9.59 Å². The second-order valence-electron chi connectivity index (χ2n) is 9.56. The molecule has 188 valence electrons. The van der Waals surface area contributed by atoms with Crippen LogP contribution in [0.2, 0.25) is 0 Å². The van der Waals surface area contributed by atoms with Crippen molar-refractivity contribution in [3.05, 3.63) is 29.8 Å². The van der Waals surface area contributed by atoms with Crippen molar-refractivity contribution in [3.63, 3.8) is 0 Å². The fourth-order valence-electron chi connectivity index (χ4n) is 5.36. The molecule has 3 fully saturated rings. The van der Waals surface area contributed by atoms with Gasteiger partial charge in [0.25, 0.3) is 5.91 Å². The molecule has 3 aliphatic heterocycles. The van der Waals surface area contributed by atoms with E-state index in [1.54, 1.807) is 0 Å². The third-order valence-corrected chi connectivity index (χ3v) is 7.37. The van der Waals surface area contributed by atoms with Gasteiger partial charge < -0.3 is 19.7 Å². The van der Waals surface area contributed by atoms with Crippen molar-refractivity contribution in [1.82, 2.24) is 15.1 Å². The molecule has 0 aliphatic carbocycles. The van der Waals surface area contributed by atoms with Crippen LogP contribution >= 0.6 is 0 Å². The normalized spacial score (nSPS) is 23.0. The van der Waals surface area contributed by atoms with Gasteiger partial charge in [-0.3, -0.25) is 19.4 Å². The summed E-state index contributed by atoms with van der Waals surface area (Å²) in [4.78, 5) is 31.9. The molecule has 3 aliphatic rings. The lowest BCUT2D eigenvalue weighted by atomic mass is 9.94. The lowest BCUT2D eigenvalue weighted by Gasteiger charge is -2.42. The van der Waals surface area contributed by atoms with Crippen LogP contribution in [-0.2, 0) is 14.3 Å². The summed E-state index contributed by atoms with van der Waals surface area (Å²) >= 11 is 0. The van der Waals surface area contributed by atoms with E-state index in [2.05, 4.69) is 32.1 Å². The second-order valence-corrected chi connectivity index (χ2v) is 9.56. The Morgan fingerprint density at radius 1 is 1.03 bits per heavy atom. The van der Waals surface area contributed by atoms with Crippen LogP contribution in [0.3, 0.4) is 0 Å². The highest BCUT2D eigenvalue weighted by Crippen LogP contribution is 2.27. The first kappa shape index (κ1) is 24.9. The molecule has 0 radical (unpaired) electrons. The van der Waals surface area contributed by atoms with Gasteiger partial charge in [-0.1, -0.05) is 0 Å². The number of piperidine rings is 2. The molecule has 34 heavy (non-hydrogen) atoms. The van der Waals surface area contributed by atoms with Crippen molar-refractivity contribution in [1.29, 1.82) is 0 Å². The van der Waals surface area contributed by atoms with Crippen molar-refractivity contribution in [2.75, 3.05) is 77.1 Å². The fraction of sp³-hybridized carbons (Fsp3) is 0.692. The zero-order valence-corrected chi connectivity index (χ0v) is 20.5.